The Balaban J connectivity index is 0. The van der Waals surface area contributed by atoms with Crippen LogP contribution in [-0.2, 0) is 9.53 Å². The number of hydrogen-bond acceptors (Lipinski definition) is 3. The lowest BCUT2D eigenvalue weighted by molar-refractivity contribution is -0.154. The van der Waals surface area contributed by atoms with Gasteiger partial charge < -0.3 is 15.4 Å². The van der Waals surface area contributed by atoms with Crippen molar-refractivity contribution in [2.45, 2.75) is 78.0 Å². The lowest BCUT2D eigenvalue weighted by Crippen LogP contribution is -2.39. The second-order valence-corrected chi connectivity index (χ2v) is 6.80. The minimum atomic E-state index is -4.17. The molecule has 0 aliphatic carbocycles. The zero-order valence-electron chi connectivity index (χ0n) is 16.2. The molecule has 0 radical (unpaired) electrons. The number of aliphatic imine (C=N–C) groups is 1. The number of rotatable bonds is 10. The molecule has 26 heavy (non-hydrogen) atoms. The normalized spacial score (nSPS) is 12.3. The summed E-state index contributed by atoms with van der Waals surface area (Å²) in [5, 5.41) is 5.59. The molecule has 9 heteroatoms. The topological polar surface area (TPSA) is 62.7 Å². The smallest absolute Gasteiger partial charge is 0.390 e. The third kappa shape index (κ3) is 19.6. The van der Waals surface area contributed by atoms with Crippen LogP contribution in [0.2, 0.25) is 0 Å². The fourth-order valence-corrected chi connectivity index (χ4v) is 1.98. The summed E-state index contributed by atoms with van der Waals surface area (Å²) in [6.45, 7) is 8.32. The number of ether oxygens (including phenoxy) is 1. The van der Waals surface area contributed by atoms with Gasteiger partial charge in [-0.2, -0.15) is 13.2 Å². The number of esters is 1. The first-order valence-corrected chi connectivity index (χ1v) is 8.84. The molecular weight excluding hydrogens is 462 g/mol. The third-order valence-corrected chi connectivity index (χ3v) is 3.02. The Kier molecular flexibility index (Phi) is 15.1. The lowest BCUT2D eigenvalue weighted by atomic mass is 10.1. The Morgan fingerprint density at radius 3 is 2.19 bits per heavy atom. The largest absolute Gasteiger partial charge is 0.460 e. The zero-order chi connectivity index (χ0) is 19.3. The van der Waals surface area contributed by atoms with E-state index in [9.17, 15) is 18.0 Å². The van der Waals surface area contributed by atoms with E-state index in [2.05, 4.69) is 15.6 Å². The number of hydrogen-bond donors (Lipinski definition) is 2. The van der Waals surface area contributed by atoms with Crippen molar-refractivity contribution < 1.29 is 22.7 Å². The van der Waals surface area contributed by atoms with E-state index >= 15 is 0 Å². The van der Waals surface area contributed by atoms with Gasteiger partial charge in [-0.1, -0.05) is 12.8 Å². The lowest BCUT2D eigenvalue weighted by Gasteiger charge is -2.19. The average molecular weight is 495 g/mol. The van der Waals surface area contributed by atoms with Gasteiger partial charge in [0.25, 0.3) is 0 Å². The highest BCUT2D eigenvalue weighted by atomic mass is 127. The molecule has 156 valence electrons. The molecule has 0 aliphatic heterocycles. The Labute approximate surface area is 171 Å². The highest BCUT2D eigenvalue weighted by Crippen LogP contribution is 2.18. The van der Waals surface area contributed by atoms with Crippen molar-refractivity contribution in [3.8, 4) is 0 Å². The number of unbranched alkanes of at least 4 members (excludes halogenated alkanes) is 3. The van der Waals surface area contributed by atoms with Crippen molar-refractivity contribution in [3.05, 3.63) is 0 Å². The quantitative estimate of drug-likeness (QED) is 0.155. The van der Waals surface area contributed by atoms with Gasteiger partial charge in [-0.05, 0) is 40.5 Å². The molecule has 2 N–H and O–H groups in total. The number of halogens is 4. The molecule has 0 spiro atoms. The Hall–Kier alpha value is -0.740. The molecule has 0 aromatic carbocycles. The van der Waals surface area contributed by atoms with Crippen LogP contribution in [-0.4, -0.2) is 43.3 Å². The standard InChI is InChI=1S/C17H32F3N3O2.HI/c1-5-21-15(23-13-11-17(18,19)20)22-12-9-7-6-8-10-14(24)25-16(2,3)4;/h5-13H2,1-4H3,(H2,21,22,23);1H. The summed E-state index contributed by atoms with van der Waals surface area (Å²) >= 11 is 0. The first-order chi connectivity index (χ1) is 11.5. The monoisotopic (exact) mass is 495 g/mol. The van der Waals surface area contributed by atoms with Crippen LogP contribution < -0.4 is 10.6 Å². The zero-order valence-corrected chi connectivity index (χ0v) is 18.5. The summed E-state index contributed by atoms with van der Waals surface area (Å²) < 4.78 is 41.6. The van der Waals surface area contributed by atoms with Crippen molar-refractivity contribution in [2.75, 3.05) is 19.6 Å². The minimum absolute atomic E-state index is 0. The van der Waals surface area contributed by atoms with Crippen LogP contribution in [0.1, 0.15) is 66.2 Å². The molecule has 0 aliphatic rings. The summed E-state index contributed by atoms with van der Waals surface area (Å²) in [5.74, 6) is 0.217. The number of alkyl halides is 3. The molecule has 0 saturated heterocycles. The molecule has 0 saturated carbocycles. The number of nitrogens with zero attached hydrogens (tertiary/aromatic N) is 1. The van der Waals surface area contributed by atoms with Gasteiger partial charge in [0.05, 0.1) is 6.42 Å². The Bertz CT molecular complexity index is 411. The van der Waals surface area contributed by atoms with E-state index in [0.29, 0.717) is 25.5 Å². The highest BCUT2D eigenvalue weighted by Gasteiger charge is 2.26. The predicted molar refractivity (Wildman–Crippen MR) is 109 cm³/mol. The minimum Gasteiger partial charge on any atom is -0.460 e. The molecule has 0 rings (SSSR count). The van der Waals surface area contributed by atoms with Gasteiger partial charge in [0, 0.05) is 26.1 Å². The van der Waals surface area contributed by atoms with Gasteiger partial charge in [-0.3, -0.25) is 9.79 Å². The van der Waals surface area contributed by atoms with Crippen molar-refractivity contribution in [1.82, 2.24) is 10.6 Å². The number of nitrogens with one attached hydrogen (secondary N) is 2. The van der Waals surface area contributed by atoms with Crippen molar-refractivity contribution in [1.29, 1.82) is 0 Å². The van der Waals surface area contributed by atoms with Gasteiger partial charge in [0.15, 0.2) is 5.96 Å². The first-order valence-electron chi connectivity index (χ1n) is 8.84. The van der Waals surface area contributed by atoms with Crippen LogP contribution in [0.25, 0.3) is 0 Å². The van der Waals surface area contributed by atoms with E-state index in [1.54, 1.807) is 0 Å². The maximum absolute atomic E-state index is 12.1. The number of carbonyl (C=O) groups is 1. The molecule has 0 heterocycles. The van der Waals surface area contributed by atoms with E-state index in [4.69, 9.17) is 4.74 Å². The van der Waals surface area contributed by atoms with Crippen LogP contribution in [0, 0.1) is 0 Å². The molecular formula is C17H33F3IN3O2. The maximum Gasteiger partial charge on any atom is 0.390 e. The van der Waals surface area contributed by atoms with Gasteiger partial charge in [-0.25, -0.2) is 0 Å². The second-order valence-electron chi connectivity index (χ2n) is 6.80. The second kappa shape index (κ2) is 14.3. The van der Waals surface area contributed by atoms with Gasteiger partial charge in [0.1, 0.15) is 5.60 Å². The molecule has 0 unspecified atom stereocenters. The van der Waals surface area contributed by atoms with Crippen LogP contribution in [0.4, 0.5) is 13.2 Å². The van der Waals surface area contributed by atoms with Crippen molar-refractivity contribution in [3.63, 3.8) is 0 Å². The van der Waals surface area contributed by atoms with Gasteiger partial charge in [0.2, 0.25) is 0 Å². The van der Waals surface area contributed by atoms with E-state index < -0.39 is 18.2 Å². The van der Waals surface area contributed by atoms with Crippen LogP contribution >= 0.6 is 24.0 Å². The SMILES string of the molecule is CCNC(=NCCCCCCC(=O)OC(C)(C)C)NCCC(F)(F)F.I. The average Bonchev–Trinajstić information content (AvgIpc) is 2.42. The first kappa shape index (κ1) is 27.5. The van der Waals surface area contributed by atoms with Gasteiger partial charge >= 0.3 is 12.1 Å². The summed E-state index contributed by atoms with van der Waals surface area (Å²) in [5.41, 5.74) is -0.451. The molecule has 0 aromatic heterocycles. The fourth-order valence-electron chi connectivity index (χ4n) is 1.98. The molecule has 0 bridgehead atoms. The summed E-state index contributed by atoms with van der Waals surface area (Å²) in [7, 11) is 0. The van der Waals surface area contributed by atoms with Crippen LogP contribution in [0.3, 0.4) is 0 Å². The summed E-state index contributed by atoms with van der Waals surface area (Å²) in [6, 6.07) is 0. The Morgan fingerprint density at radius 1 is 1.04 bits per heavy atom. The Morgan fingerprint density at radius 2 is 1.65 bits per heavy atom. The molecule has 0 aromatic rings. The van der Waals surface area contributed by atoms with E-state index in [1.165, 1.54) is 0 Å². The van der Waals surface area contributed by atoms with E-state index in [0.717, 1.165) is 25.7 Å². The van der Waals surface area contributed by atoms with Crippen molar-refractivity contribution >= 4 is 35.9 Å². The molecule has 0 fully saturated rings. The van der Waals surface area contributed by atoms with E-state index in [1.807, 2.05) is 27.7 Å². The van der Waals surface area contributed by atoms with Crippen LogP contribution in [0.5, 0.6) is 0 Å². The highest BCUT2D eigenvalue weighted by molar-refractivity contribution is 14.0. The maximum atomic E-state index is 12.1. The number of guanidine groups is 1. The van der Waals surface area contributed by atoms with Crippen molar-refractivity contribution in [2.24, 2.45) is 4.99 Å². The van der Waals surface area contributed by atoms with Crippen LogP contribution in [0.15, 0.2) is 4.99 Å². The summed E-state index contributed by atoms with van der Waals surface area (Å²) in [4.78, 5) is 15.8. The fraction of sp³-hybridized carbons (Fsp3) is 0.882. The number of carbonyl (C=O) groups excluding carboxylic acids is 1. The van der Waals surface area contributed by atoms with Gasteiger partial charge in [-0.15, -0.1) is 24.0 Å². The molecule has 5 nitrogen and oxygen atoms in total. The van der Waals surface area contributed by atoms with E-state index in [-0.39, 0.29) is 36.5 Å². The predicted octanol–water partition coefficient (Wildman–Crippen LogP) is 4.40. The third-order valence-electron chi connectivity index (χ3n) is 3.02. The molecule has 0 atom stereocenters. The molecule has 0 amide bonds. The summed E-state index contributed by atoms with van der Waals surface area (Å²) in [6.07, 6.45) is -1.25.